The number of benzene rings is 2. The van der Waals surface area contributed by atoms with Crippen LogP contribution < -0.4 is 0 Å². The number of halogens is 3. The maximum atomic E-state index is 13.0. The maximum absolute atomic E-state index is 13.0. The van der Waals surface area contributed by atoms with E-state index in [0.717, 1.165) is 17.2 Å². The van der Waals surface area contributed by atoms with Crippen molar-refractivity contribution in [2.24, 2.45) is 0 Å². The van der Waals surface area contributed by atoms with E-state index in [9.17, 15) is 18.3 Å². The highest BCUT2D eigenvalue weighted by atomic mass is 19.4. The highest BCUT2D eigenvalue weighted by molar-refractivity contribution is 5.44. The number of fused-ring (bicyclic) bond motifs is 1. The fourth-order valence-corrected chi connectivity index (χ4v) is 2.81. The Hall–Kier alpha value is -1.81. The van der Waals surface area contributed by atoms with Gasteiger partial charge in [0.25, 0.3) is 0 Å². The predicted octanol–water partition coefficient (Wildman–Crippen LogP) is 4.08. The van der Waals surface area contributed by atoms with Gasteiger partial charge < -0.3 is 5.11 Å². The van der Waals surface area contributed by atoms with Gasteiger partial charge in [-0.15, -0.1) is 0 Å². The summed E-state index contributed by atoms with van der Waals surface area (Å²) in [5.41, 5.74) is 1.24. The summed E-state index contributed by atoms with van der Waals surface area (Å²) in [5, 5.41) is 10.3. The molecule has 2 aromatic carbocycles. The third kappa shape index (κ3) is 2.10. The van der Waals surface area contributed by atoms with Gasteiger partial charge in [-0.05, 0) is 29.2 Å². The second kappa shape index (κ2) is 4.63. The molecule has 20 heavy (non-hydrogen) atoms. The zero-order valence-electron chi connectivity index (χ0n) is 10.6. The van der Waals surface area contributed by atoms with Crippen LogP contribution in [0.2, 0.25) is 0 Å². The lowest BCUT2D eigenvalue weighted by Crippen LogP contribution is -2.25. The number of hydrogen-bond acceptors (Lipinski definition) is 1. The molecule has 0 saturated carbocycles. The minimum Gasteiger partial charge on any atom is -0.388 e. The summed E-state index contributed by atoms with van der Waals surface area (Å²) >= 11 is 0. The summed E-state index contributed by atoms with van der Waals surface area (Å²) in [6, 6.07) is 12.8. The van der Waals surface area contributed by atoms with Crippen LogP contribution in [0.15, 0.2) is 48.5 Å². The SMILES string of the molecule is OC(c1ccccc1C(F)(F)F)C1Cc2ccccc21. The Bertz CT molecular complexity index is 634. The van der Waals surface area contributed by atoms with E-state index >= 15 is 0 Å². The molecule has 0 spiro atoms. The average molecular weight is 278 g/mol. The van der Waals surface area contributed by atoms with Crippen LogP contribution in [-0.4, -0.2) is 5.11 Å². The molecule has 0 aromatic heterocycles. The van der Waals surface area contributed by atoms with E-state index < -0.39 is 17.8 Å². The van der Waals surface area contributed by atoms with Gasteiger partial charge in [-0.1, -0.05) is 42.5 Å². The highest BCUT2D eigenvalue weighted by Crippen LogP contribution is 2.46. The Morgan fingerprint density at radius 2 is 1.65 bits per heavy atom. The zero-order valence-corrected chi connectivity index (χ0v) is 10.6. The van der Waals surface area contributed by atoms with Crippen molar-refractivity contribution in [1.29, 1.82) is 0 Å². The first-order valence-corrected chi connectivity index (χ1v) is 6.40. The van der Waals surface area contributed by atoms with Gasteiger partial charge in [0, 0.05) is 5.92 Å². The molecule has 1 N–H and O–H groups in total. The lowest BCUT2D eigenvalue weighted by molar-refractivity contribution is -0.139. The molecule has 0 aliphatic heterocycles. The Morgan fingerprint density at radius 3 is 2.35 bits per heavy atom. The van der Waals surface area contributed by atoms with Crippen LogP contribution in [0.1, 0.15) is 34.3 Å². The molecule has 3 rings (SSSR count). The van der Waals surface area contributed by atoms with Crippen molar-refractivity contribution in [2.45, 2.75) is 24.6 Å². The number of aliphatic hydroxyl groups is 1. The van der Waals surface area contributed by atoms with Crippen molar-refractivity contribution < 1.29 is 18.3 Å². The molecule has 2 atom stereocenters. The smallest absolute Gasteiger partial charge is 0.388 e. The van der Waals surface area contributed by atoms with Gasteiger partial charge in [-0.25, -0.2) is 0 Å². The molecule has 0 heterocycles. The van der Waals surface area contributed by atoms with Crippen LogP contribution in [0.4, 0.5) is 13.2 Å². The maximum Gasteiger partial charge on any atom is 0.416 e. The summed E-state index contributed by atoms with van der Waals surface area (Å²) in [7, 11) is 0. The first-order chi connectivity index (χ1) is 9.48. The average Bonchev–Trinajstić information content (AvgIpc) is 2.39. The second-order valence-electron chi connectivity index (χ2n) is 5.04. The molecule has 1 nitrogen and oxygen atoms in total. The number of aliphatic hydroxyl groups excluding tert-OH is 1. The summed E-state index contributed by atoms with van der Waals surface area (Å²) in [5.74, 6) is -0.255. The third-order valence-electron chi connectivity index (χ3n) is 3.86. The Morgan fingerprint density at radius 1 is 1.00 bits per heavy atom. The third-order valence-corrected chi connectivity index (χ3v) is 3.86. The molecule has 0 fully saturated rings. The molecule has 4 heteroatoms. The number of rotatable bonds is 2. The van der Waals surface area contributed by atoms with Crippen LogP contribution in [0, 0.1) is 0 Å². The van der Waals surface area contributed by atoms with Gasteiger partial charge in [0.05, 0.1) is 11.7 Å². The molecule has 104 valence electrons. The van der Waals surface area contributed by atoms with Crippen molar-refractivity contribution in [1.82, 2.24) is 0 Å². The van der Waals surface area contributed by atoms with Crippen molar-refractivity contribution >= 4 is 0 Å². The van der Waals surface area contributed by atoms with Gasteiger partial charge in [-0.2, -0.15) is 13.2 Å². The lowest BCUT2D eigenvalue weighted by Gasteiger charge is -2.34. The van der Waals surface area contributed by atoms with E-state index in [1.165, 1.54) is 18.2 Å². The normalized spacial score (nSPS) is 19.1. The fraction of sp³-hybridized carbons (Fsp3) is 0.250. The molecule has 2 aromatic rings. The number of hydrogen-bond donors (Lipinski definition) is 1. The van der Waals surface area contributed by atoms with E-state index in [-0.39, 0.29) is 11.5 Å². The van der Waals surface area contributed by atoms with Crippen molar-refractivity contribution in [2.75, 3.05) is 0 Å². The van der Waals surface area contributed by atoms with Crippen molar-refractivity contribution in [3.63, 3.8) is 0 Å². The van der Waals surface area contributed by atoms with E-state index in [2.05, 4.69) is 0 Å². The monoisotopic (exact) mass is 278 g/mol. The molecule has 0 bridgehead atoms. The topological polar surface area (TPSA) is 20.2 Å². The molecule has 1 aliphatic carbocycles. The first-order valence-electron chi connectivity index (χ1n) is 6.40. The predicted molar refractivity (Wildman–Crippen MR) is 69.3 cm³/mol. The quantitative estimate of drug-likeness (QED) is 0.877. The molecule has 0 saturated heterocycles. The largest absolute Gasteiger partial charge is 0.416 e. The first kappa shape index (κ1) is 13.2. The second-order valence-corrected chi connectivity index (χ2v) is 5.04. The van der Waals surface area contributed by atoms with Crippen LogP contribution in [0.3, 0.4) is 0 Å². The van der Waals surface area contributed by atoms with E-state index in [1.54, 1.807) is 0 Å². The van der Waals surface area contributed by atoms with Crippen LogP contribution in [0.25, 0.3) is 0 Å². The summed E-state index contributed by atoms with van der Waals surface area (Å²) in [6.45, 7) is 0. The standard InChI is InChI=1S/C16H13F3O/c17-16(18,19)14-8-4-3-7-12(14)15(20)13-9-10-5-1-2-6-11(10)13/h1-8,13,15,20H,9H2. The Kier molecular flexibility index (Phi) is 3.05. The molecule has 2 unspecified atom stereocenters. The number of alkyl halides is 3. The van der Waals surface area contributed by atoms with E-state index in [0.29, 0.717) is 6.42 Å². The summed E-state index contributed by atoms with van der Waals surface area (Å²) < 4.78 is 38.9. The van der Waals surface area contributed by atoms with Crippen LogP contribution in [-0.2, 0) is 12.6 Å². The van der Waals surface area contributed by atoms with E-state index in [1.807, 2.05) is 24.3 Å². The van der Waals surface area contributed by atoms with Crippen molar-refractivity contribution in [3.05, 3.63) is 70.8 Å². The van der Waals surface area contributed by atoms with Gasteiger partial charge in [0.15, 0.2) is 0 Å². The summed E-state index contributed by atoms with van der Waals surface area (Å²) in [6.07, 6.45) is -4.95. The van der Waals surface area contributed by atoms with Gasteiger partial charge >= 0.3 is 6.18 Å². The van der Waals surface area contributed by atoms with Gasteiger partial charge in [-0.3, -0.25) is 0 Å². The molecular weight excluding hydrogens is 265 g/mol. The highest BCUT2D eigenvalue weighted by Gasteiger charge is 2.39. The minimum absolute atomic E-state index is 0.0421. The van der Waals surface area contributed by atoms with Crippen LogP contribution >= 0.6 is 0 Å². The molecule has 0 radical (unpaired) electrons. The van der Waals surface area contributed by atoms with E-state index in [4.69, 9.17) is 0 Å². The van der Waals surface area contributed by atoms with Gasteiger partial charge in [0.1, 0.15) is 0 Å². The minimum atomic E-state index is -4.44. The lowest BCUT2D eigenvalue weighted by atomic mass is 9.72. The molecular formula is C16H13F3O. The Balaban J connectivity index is 1.96. The molecule has 1 aliphatic rings. The van der Waals surface area contributed by atoms with Crippen LogP contribution in [0.5, 0.6) is 0 Å². The Labute approximate surface area is 114 Å². The van der Waals surface area contributed by atoms with Crippen molar-refractivity contribution in [3.8, 4) is 0 Å². The zero-order chi connectivity index (χ0) is 14.3. The fourth-order valence-electron chi connectivity index (χ4n) is 2.81. The van der Waals surface area contributed by atoms with Gasteiger partial charge in [0.2, 0.25) is 0 Å². The molecule has 0 amide bonds. The summed E-state index contributed by atoms with van der Waals surface area (Å²) in [4.78, 5) is 0.